The van der Waals surface area contributed by atoms with Crippen molar-refractivity contribution in [3.63, 3.8) is 0 Å². The maximum atomic E-state index is 11.9. The summed E-state index contributed by atoms with van der Waals surface area (Å²) in [6.45, 7) is 0.980. The second kappa shape index (κ2) is 7.09. The number of nitrogens with zero attached hydrogens (tertiary/aromatic N) is 1. The Kier molecular flexibility index (Phi) is 5.43. The van der Waals surface area contributed by atoms with Crippen LogP contribution in [0.1, 0.15) is 4.88 Å². The van der Waals surface area contributed by atoms with Gasteiger partial charge in [0.2, 0.25) is 5.91 Å². The number of carbonyl (C=O) groups is 1. The molecule has 0 bridgehead atoms. The van der Waals surface area contributed by atoms with Crippen LogP contribution in [0.3, 0.4) is 0 Å². The molecule has 0 aliphatic rings. The number of anilines is 1. The summed E-state index contributed by atoms with van der Waals surface area (Å²) >= 11 is 13.4. The van der Waals surface area contributed by atoms with Gasteiger partial charge in [-0.2, -0.15) is 0 Å². The molecular formula is C14H14Cl2N2OS. The van der Waals surface area contributed by atoms with Crippen molar-refractivity contribution in [2.75, 3.05) is 18.9 Å². The van der Waals surface area contributed by atoms with Crippen molar-refractivity contribution in [3.8, 4) is 0 Å². The summed E-state index contributed by atoms with van der Waals surface area (Å²) in [7, 11) is 1.89. The normalized spacial score (nSPS) is 10.8. The molecule has 0 aliphatic heterocycles. The third kappa shape index (κ3) is 4.49. The monoisotopic (exact) mass is 328 g/mol. The van der Waals surface area contributed by atoms with Gasteiger partial charge in [0.15, 0.2) is 0 Å². The number of para-hydroxylation sites is 1. The van der Waals surface area contributed by atoms with Crippen LogP contribution in [0.15, 0.2) is 36.4 Å². The Morgan fingerprint density at radius 1 is 1.25 bits per heavy atom. The largest absolute Gasteiger partial charge is 0.324 e. The van der Waals surface area contributed by atoms with Gasteiger partial charge in [0.25, 0.3) is 0 Å². The van der Waals surface area contributed by atoms with Crippen LogP contribution in [0, 0.1) is 0 Å². The molecule has 20 heavy (non-hydrogen) atoms. The summed E-state index contributed by atoms with van der Waals surface area (Å²) in [6, 6.07) is 11.0. The molecule has 0 unspecified atom stereocenters. The summed E-state index contributed by atoms with van der Waals surface area (Å²) in [6.07, 6.45) is 0. The van der Waals surface area contributed by atoms with Crippen LogP contribution in [-0.4, -0.2) is 24.4 Å². The van der Waals surface area contributed by atoms with E-state index in [-0.39, 0.29) is 5.91 Å². The SMILES string of the molecule is CN(CC(=O)Nc1ccccc1Cl)Cc1ccc(Cl)s1. The van der Waals surface area contributed by atoms with Gasteiger partial charge >= 0.3 is 0 Å². The highest BCUT2D eigenvalue weighted by atomic mass is 35.5. The van der Waals surface area contributed by atoms with E-state index < -0.39 is 0 Å². The van der Waals surface area contributed by atoms with Crippen molar-refractivity contribution in [2.24, 2.45) is 0 Å². The van der Waals surface area contributed by atoms with Gasteiger partial charge in [0.05, 0.1) is 21.6 Å². The van der Waals surface area contributed by atoms with E-state index in [1.165, 1.54) is 11.3 Å². The first-order valence-corrected chi connectivity index (χ1v) is 7.59. The van der Waals surface area contributed by atoms with Crippen LogP contribution >= 0.6 is 34.5 Å². The number of amides is 1. The minimum atomic E-state index is -0.0942. The van der Waals surface area contributed by atoms with E-state index in [1.54, 1.807) is 12.1 Å². The van der Waals surface area contributed by atoms with E-state index in [0.717, 1.165) is 9.21 Å². The number of hydrogen-bond acceptors (Lipinski definition) is 3. The fraction of sp³-hybridized carbons (Fsp3) is 0.214. The second-order valence-electron chi connectivity index (χ2n) is 4.41. The molecule has 1 amide bonds. The lowest BCUT2D eigenvalue weighted by Gasteiger charge is -2.15. The van der Waals surface area contributed by atoms with E-state index in [4.69, 9.17) is 23.2 Å². The molecule has 106 valence electrons. The smallest absolute Gasteiger partial charge is 0.238 e. The van der Waals surface area contributed by atoms with Gasteiger partial charge in [-0.1, -0.05) is 35.3 Å². The molecule has 0 fully saturated rings. The van der Waals surface area contributed by atoms with Gasteiger partial charge in [-0.25, -0.2) is 0 Å². The zero-order valence-electron chi connectivity index (χ0n) is 10.9. The van der Waals surface area contributed by atoms with E-state index in [1.807, 2.05) is 36.2 Å². The maximum Gasteiger partial charge on any atom is 0.238 e. The molecule has 0 aliphatic carbocycles. The third-order valence-corrected chi connectivity index (χ3v) is 4.16. The zero-order chi connectivity index (χ0) is 14.5. The van der Waals surface area contributed by atoms with Crippen LogP contribution in [0.2, 0.25) is 9.36 Å². The number of likely N-dealkylation sites (N-methyl/N-ethyl adjacent to an activating group) is 1. The fourth-order valence-corrected chi connectivity index (χ4v) is 3.11. The molecule has 1 aromatic carbocycles. The van der Waals surface area contributed by atoms with Gasteiger partial charge in [-0.05, 0) is 31.3 Å². The van der Waals surface area contributed by atoms with Crippen molar-refractivity contribution in [3.05, 3.63) is 50.6 Å². The minimum absolute atomic E-state index is 0.0942. The molecule has 0 atom stereocenters. The van der Waals surface area contributed by atoms with Crippen molar-refractivity contribution < 1.29 is 4.79 Å². The van der Waals surface area contributed by atoms with E-state index in [9.17, 15) is 4.79 Å². The molecule has 1 heterocycles. The summed E-state index contributed by atoms with van der Waals surface area (Å²) in [5, 5.41) is 3.33. The molecule has 1 N–H and O–H groups in total. The van der Waals surface area contributed by atoms with Crippen molar-refractivity contribution in [2.45, 2.75) is 6.54 Å². The number of carbonyl (C=O) groups excluding carboxylic acids is 1. The molecule has 3 nitrogen and oxygen atoms in total. The Morgan fingerprint density at radius 2 is 2.00 bits per heavy atom. The van der Waals surface area contributed by atoms with Gasteiger partial charge in [0.1, 0.15) is 0 Å². The highest BCUT2D eigenvalue weighted by molar-refractivity contribution is 7.16. The quantitative estimate of drug-likeness (QED) is 0.895. The number of benzene rings is 1. The molecule has 0 spiro atoms. The van der Waals surface area contributed by atoms with Gasteiger partial charge in [0, 0.05) is 11.4 Å². The number of rotatable bonds is 5. The van der Waals surface area contributed by atoms with Crippen LogP contribution in [-0.2, 0) is 11.3 Å². The highest BCUT2D eigenvalue weighted by Gasteiger charge is 2.10. The van der Waals surface area contributed by atoms with E-state index >= 15 is 0 Å². The first kappa shape index (κ1) is 15.3. The second-order valence-corrected chi connectivity index (χ2v) is 6.61. The van der Waals surface area contributed by atoms with Crippen LogP contribution < -0.4 is 5.32 Å². The van der Waals surface area contributed by atoms with Crippen LogP contribution in [0.4, 0.5) is 5.69 Å². The Labute approximate surface area is 132 Å². The first-order valence-electron chi connectivity index (χ1n) is 6.02. The zero-order valence-corrected chi connectivity index (χ0v) is 13.2. The Morgan fingerprint density at radius 3 is 2.65 bits per heavy atom. The minimum Gasteiger partial charge on any atom is -0.324 e. The Bertz CT molecular complexity index is 600. The first-order chi connectivity index (χ1) is 9.54. The van der Waals surface area contributed by atoms with E-state index in [2.05, 4.69) is 5.32 Å². The van der Waals surface area contributed by atoms with E-state index in [0.29, 0.717) is 23.8 Å². The number of nitrogens with one attached hydrogen (secondary N) is 1. The number of thiophene rings is 1. The highest BCUT2D eigenvalue weighted by Crippen LogP contribution is 2.23. The Balaban J connectivity index is 1.86. The van der Waals surface area contributed by atoms with Crippen molar-refractivity contribution in [1.29, 1.82) is 0 Å². The van der Waals surface area contributed by atoms with Crippen LogP contribution in [0.5, 0.6) is 0 Å². The average molecular weight is 329 g/mol. The third-order valence-electron chi connectivity index (χ3n) is 2.62. The van der Waals surface area contributed by atoms with Crippen molar-refractivity contribution >= 4 is 46.1 Å². The molecule has 2 aromatic rings. The molecule has 1 aromatic heterocycles. The standard InChI is InChI=1S/C14H14Cl2N2OS/c1-18(8-10-6-7-13(16)20-10)9-14(19)17-12-5-3-2-4-11(12)15/h2-7H,8-9H2,1H3,(H,17,19). The molecule has 0 saturated carbocycles. The van der Waals surface area contributed by atoms with Gasteiger partial charge in [-0.15, -0.1) is 11.3 Å². The molecule has 0 radical (unpaired) electrons. The number of halogens is 2. The predicted octanol–water partition coefficient (Wildman–Crippen LogP) is 4.13. The summed E-state index contributed by atoms with van der Waals surface area (Å²) in [5.74, 6) is -0.0942. The maximum absolute atomic E-state index is 11.9. The Hall–Kier alpha value is -1.07. The predicted molar refractivity (Wildman–Crippen MR) is 85.7 cm³/mol. The lowest BCUT2D eigenvalue weighted by molar-refractivity contribution is -0.117. The van der Waals surface area contributed by atoms with Crippen molar-refractivity contribution in [1.82, 2.24) is 4.90 Å². The lowest BCUT2D eigenvalue weighted by Crippen LogP contribution is -2.29. The average Bonchev–Trinajstić information content (AvgIpc) is 2.77. The lowest BCUT2D eigenvalue weighted by atomic mass is 10.3. The summed E-state index contributed by atoms with van der Waals surface area (Å²) in [5.41, 5.74) is 0.631. The molecule has 2 rings (SSSR count). The van der Waals surface area contributed by atoms with Gasteiger partial charge < -0.3 is 5.32 Å². The summed E-state index contributed by atoms with van der Waals surface area (Å²) < 4.78 is 0.758. The fourth-order valence-electron chi connectivity index (χ4n) is 1.76. The summed E-state index contributed by atoms with van der Waals surface area (Å²) in [4.78, 5) is 15.0. The topological polar surface area (TPSA) is 32.3 Å². The molecule has 6 heteroatoms. The van der Waals surface area contributed by atoms with Gasteiger partial charge in [-0.3, -0.25) is 9.69 Å². The van der Waals surface area contributed by atoms with Crippen LogP contribution in [0.25, 0.3) is 0 Å². The number of hydrogen-bond donors (Lipinski definition) is 1. The molecule has 0 saturated heterocycles. The molecular weight excluding hydrogens is 315 g/mol.